The van der Waals surface area contributed by atoms with Gasteiger partial charge in [-0.1, -0.05) is 0 Å². The summed E-state index contributed by atoms with van der Waals surface area (Å²) in [7, 11) is 2.01. The Morgan fingerprint density at radius 3 is 2.74 bits per heavy atom. The van der Waals surface area contributed by atoms with E-state index in [2.05, 4.69) is 20.5 Å². The van der Waals surface area contributed by atoms with Gasteiger partial charge in [-0.05, 0) is 7.05 Å². The molecule has 0 bridgehead atoms. The molecule has 0 saturated carbocycles. The van der Waals surface area contributed by atoms with E-state index in [-0.39, 0.29) is 12.5 Å². The zero-order chi connectivity index (χ0) is 19.4. The minimum absolute atomic E-state index is 0.203. The molecule has 10 nitrogen and oxygen atoms in total. The maximum atomic E-state index is 12.7. The number of hydrogen-bond donors (Lipinski definition) is 3. The molecule has 27 heavy (non-hydrogen) atoms. The molecule has 1 aromatic heterocycles. The zero-order valence-corrected chi connectivity index (χ0v) is 15.9. The van der Waals surface area contributed by atoms with Gasteiger partial charge in [-0.2, -0.15) is 0 Å². The Morgan fingerprint density at radius 1 is 1.30 bits per heavy atom. The summed E-state index contributed by atoms with van der Waals surface area (Å²) < 4.78 is 5.23. The van der Waals surface area contributed by atoms with Crippen LogP contribution in [0.2, 0.25) is 0 Å². The van der Waals surface area contributed by atoms with E-state index in [1.807, 2.05) is 7.05 Å². The molecule has 2 aliphatic rings. The average Bonchev–Trinajstić information content (AvgIpc) is 3.08. The van der Waals surface area contributed by atoms with E-state index in [9.17, 15) is 14.4 Å². The Morgan fingerprint density at radius 2 is 2.04 bits per heavy atom. The van der Waals surface area contributed by atoms with Crippen LogP contribution in [0, 0.1) is 0 Å². The van der Waals surface area contributed by atoms with Gasteiger partial charge >= 0.3 is 6.09 Å². The molecular weight excluding hydrogens is 374 g/mol. The number of nitrogens with zero attached hydrogens (tertiary/aromatic N) is 3. The molecule has 0 aliphatic carbocycles. The minimum atomic E-state index is -1.25. The number of amides is 3. The maximum absolute atomic E-state index is 12.7. The number of morpholine rings is 1. The van der Waals surface area contributed by atoms with E-state index in [1.165, 1.54) is 11.3 Å². The number of likely N-dealkylation sites (N-methyl/N-ethyl adjacent to an activating group) is 1. The molecule has 1 saturated heterocycles. The molecular formula is C16H23N5O5S. The van der Waals surface area contributed by atoms with Gasteiger partial charge in [0.15, 0.2) is 5.01 Å². The third-order valence-electron chi connectivity index (χ3n) is 4.50. The first-order chi connectivity index (χ1) is 12.9. The van der Waals surface area contributed by atoms with Gasteiger partial charge in [0.25, 0.3) is 5.91 Å². The zero-order valence-electron chi connectivity index (χ0n) is 15.1. The Labute approximate surface area is 160 Å². The predicted octanol–water partition coefficient (Wildman–Crippen LogP) is -0.644. The molecule has 1 aromatic rings. The Kier molecular flexibility index (Phi) is 6.24. The third-order valence-corrected chi connectivity index (χ3v) is 5.58. The highest BCUT2D eigenvalue weighted by Crippen LogP contribution is 2.24. The second-order valence-electron chi connectivity index (χ2n) is 6.53. The second-order valence-corrected chi connectivity index (χ2v) is 7.61. The lowest BCUT2D eigenvalue weighted by molar-refractivity contribution is -0.137. The summed E-state index contributed by atoms with van der Waals surface area (Å²) in [6.45, 7) is 3.10. The summed E-state index contributed by atoms with van der Waals surface area (Å²) in [5.41, 5.74) is 0.919. The Bertz CT molecular complexity index is 718. The van der Waals surface area contributed by atoms with Crippen molar-refractivity contribution >= 4 is 29.2 Å². The Hall–Kier alpha value is -2.24. The van der Waals surface area contributed by atoms with E-state index >= 15 is 0 Å². The monoisotopic (exact) mass is 397 g/mol. The van der Waals surface area contributed by atoms with Crippen LogP contribution in [0.15, 0.2) is 0 Å². The van der Waals surface area contributed by atoms with Crippen LogP contribution in [0.4, 0.5) is 4.79 Å². The largest absolute Gasteiger partial charge is 0.465 e. The van der Waals surface area contributed by atoms with E-state index in [0.717, 1.165) is 30.1 Å². The van der Waals surface area contributed by atoms with Crippen molar-refractivity contribution in [2.24, 2.45) is 0 Å². The van der Waals surface area contributed by atoms with E-state index < -0.39 is 18.0 Å². The fourth-order valence-corrected chi connectivity index (χ4v) is 4.13. The molecule has 1 atom stereocenters. The van der Waals surface area contributed by atoms with Gasteiger partial charge in [0.2, 0.25) is 5.91 Å². The van der Waals surface area contributed by atoms with Gasteiger partial charge in [0.1, 0.15) is 6.04 Å². The molecule has 0 aromatic carbocycles. The van der Waals surface area contributed by atoms with Crippen molar-refractivity contribution < 1.29 is 24.2 Å². The first-order valence-corrected chi connectivity index (χ1v) is 9.57. The molecule has 3 rings (SSSR count). The van der Waals surface area contributed by atoms with Crippen LogP contribution in [0.5, 0.6) is 0 Å². The number of fused-ring (bicyclic) bond motifs is 1. The van der Waals surface area contributed by atoms with Crippen molar-refractivity contribution in [3.63, 3.8) is 0 Å². The first kappa shape index (κ1) is 19.5. The standard InChI is InChI=1S/C16H23N5O5S/c1-20-3-2-10-12(9-20)27-14(19-10)13(22)18-11(8-17-16(24)25)15(23)21-4-6-26-7-5-21/h11,17H,2-9H2,1H3,(H,18,22)(H,24,25). The average molecular weight is 397 g/mol. The van der Waals surface area contributed by atoms with Crippen molar-refractivity contribution in [2.45, 2.75) is 19.0 Å². The number of nitrogens with one attached hydrogen (secondary N) is 2. The summed E-state index contributed by atoms with van der Waals surface area (Å²) in [5.74, 6) is -0.794. The lowest BCUT2D eigenvalue weighted by Gasteiger charge is -2.30. The summed E-state index contributed by atoms with van der Waals surface area (Å²) in [6, 6.07) is -0.990. The predicted molar refractivity (Wildman–Crippen MR) is 96.8 cm³/mol. The van der Waals surface area contributed by atoms with Gasteiger partial charge < -0.3 is 30.3 Å². The SMILES string of the molecule is CN1CCc2nc(C(=O)NC(CNC(=O)O)C(=O)N3CCOCC3)sc2C1. The molecule has 1 unspecified atom stereocenters. The molecule has 3 amide bonds. The van der Waals surface area contributed by atoms with Crippen molar-refractivity contribution in [3.05, 3.63) is 15.6 Å². The van der Waals surface area contributed by atoms with Crippen molar-refractivity contribution in [3.8, 4) is 0 Å². The maximum Gasteiger partial charge on any atom is 0.404 e. The highest BCUT2D eigenvalue weighted by molar-refractivity contribution is 7.13. The van der Waals surface area contributed by atoms with Gasteiger partial charge in [-0.25, -0.2) is 9.78 Å². The van der Waals surface area contributed by atoms with Crippen LogP contribution in [0.1, 0.15) is 20.4 Å². The topological polar surface area (TPSA) is 124 Å². The van der Waals surface area contributed by atoms with Crippen LogP contribution < -0.4 is 10.6 Å². The van der Waals surface area contributed by atoms with Crippen LogP contribution >= 0.6 is 11.3 Å². The molecule has 3 N–H and O–H groups in total. The summed E-state index contributed by atoms with van der Waals surface area (Å²) >= 11 is 1.31. The van der Waals surface area contributed by atoms with Crippen molar-refractivity contribution in [1.29, 1.82) is 0 Å². The number of rotatable bonds is 5. The quantitative estimate of drug-likeness (QED) is 0.603. The van der Waals surface area contributed by atoms with Crippen molar-refractivity contribution in [1.82, 2.24) is 25.4 Å². The molecule has 0 radical (unpaired) electrons. The highest BCUT2D eigenvalue weighted by atomic mass is 32.1. The normalized spacial score (nSPS) is 18.5. The number of carboxylic acid groups (broad SMARTS) is 1. The fraction of sp³-hybridized carbons (Fsp3) is 0.625. The van der Waals surface area contributed by atoms with Gasteiger partial charge in [0.05, 0.1) is 25.5 Å². The van der Waals surface area contributed by atoms with Gasteiger partial charge in [-0.15, -0.1) is 11.3 Å². The third kappa shape index (κ3) is 4.93. The Balaban J connectivity index is 1.69. The fourth-order valence-electron chi connectivity index (χ4n) is 3.03. The van der Waals surface area contributed by atoms with Crippen molar-refractivity contribution in [2.75, 3.05) is 46.4 Å². The molecule has 3 heterocycles. The minimum Gasteiger partial charge on any atom is -0.465 e. The summed E-state index contributed by atoms with van der Waals surface area (Å²) in [5, 5.41) is 14.0. The number of hydrogen-bond acceptors (Lipinski definition) is 7. The van der Waals surface area contributed by atoms with Gasteiger partial charge in [0, 0.05) is 37.5 Å². The smallest absolute Gasteiger partial charge is 0.404 e. The van der Waals surface area contributed by atoms with E-state index in [1.54, 1.807) is 4.90 Å². The number of carbonyl (C=O) groups is 3. The highest BCUT2D eigenvalue weighted by Gasteiger charge is 2.29. The molecule has 148 valence electrons. The van der Waals surface area contributed by atoms with Crippen LogP contribution in [0.3, 0.4) is 0 Å². The number of aromatic nitrogens is 1. The molecule has 1 fully saturated rings. The molecule has 0 spiro atoms. The molecule has 11 heteroatoms. The number of carbonyl (C=O) groups excluding carboxylic acids is 2. The number of thiazole rings is 1. The van der Waals surface area contributed by atoms with Crippen LogP contribution in [-0.2, 0) is 22.5 Å². The lowest BCUT2D eigenvalue weighted by atomic mass is 10.2. The van der Waals surface area contributed by atoms with Crippen LogP contribution in [-0.4, -0.2) is 90.3 Å². The summed E-state index contributed by atoms with van der Waals surface area (Å²) in [6.07, 6.45) is -0.469. The summed E-state index contributed by atoms with van der Waals surface area (Å²) in [4.78, 5) is 45.4. The first-order valence-electron chi connectivity index (χ1n) is 8.75. The molecule has 2 aliphatic heterocycles. The van der Waals surface area contributed by atoms with Gasteiger partial charge in [-0.3, -0.25) is 9.59 Å². The second kappa shape index (κ2) is 8.63. The van der Waals surface area contributed by atoms with E-state index in [4.69, 9.17) is 9.84 Å². The van der Waals surface area contributed by atoms with Crippen LogP contribution in [0.25, 0.3) is 0 Å². The lowest BCUT2D eigenvalue weighted by Crippen LogP contribution is -2.55. The number of ether oxygens (including phenoxy) is 1. The van der Waals surface area contributed by atoms with E-state index in [0.29, 0.717) is 31.3 Å².